The summed E-state index contributed by atoms with van der Waals surface area (Å²) < 4.78 is 5.24. The molecular formula is C22H27N3O4. The zero-order valence-corrected chi connectivity index (χ0v) is 17.5. The molecule has 1 aromatic carbocycles. The molecule has 29 heavy (non-hydrogen) atoms. The van der Waals surface area contributed by atoms with Crippen molar-refractivity contribution in [2.24, 2.45) is 0 Å². The summed E-state index contributed by atoms with van der Waals surface area (Å²) in [5.74, 6) is -0.162. The number of furan rings is 1. The number of hydrogen-bond donors (Lipinski definition) is 1. The molecule has 1 aliphatic rings. The van der Waals surface area contributed by atoms with Crippen LogP contribution >= 0.6 is 0 Å². The number of rotatable bonds is 5. The molecule has 1 atom stereocenters. The molecule has 1 aliphatic heterocycles. The predicted molar refractivity (Wildman–Crippen MR) is 108 cm³/mol. The number of imide groups is 1. The molecule has 2 aromatic rings. The highest BCUT2D eigenvalue weighted by Gasteiger charge is 2.49. The quantitative estimate of drug-likeness (QED) is 0.787. The Labute approximate surface area is 170 Å². The third-order valence-electron chi connectivity index (χ3n) is 5.30. The van der Waals surface area contributed by atoms with Crippen LogP contribution in [0.1, 0.15) is 44.6 Å². The van der Waals surface area contributed by atoms with Gasteiger partial charge < -0.3 is 14.6 Å². The van der Waals surface area contributed by atoms with E-state index in [1.807, 2.05) is 24.3 Å². The number of carbonyl (C=O) groups excluding carboxylic acids is 3. The Hall–Kier alpha value is -3.09. The molecule has 3 rings (SSSR count). The van der Waals surface area contributed by atoms with Crippen LogP contribution in [-0.4, -0.2) is 41.2 Å². The van der Waals surface area contributed by atoms with E-state index < -0.39 is 17.5 Å². The van der Waals surface area contributed by atoms with Crippen molar-refractivity contribution in [2.45, 2.75) is 45.2 Å². The van der Waals surface area contributed by atoms with Crippen LogP contribution in [0.15, 0.2) is 47.1 Å². The van der Waals surface area contributed by atoms with Gasteiger partial charge in [0.15, 0.2) is 0 Å². The predicted octanol–water partition coefficient (Wildman–Crippen LogP) is 3.00. The molecule has 7 nitrogen and oxygen atoms in total. The molecule has 1 aromatic heterocycles. The second-order valence-electron chi connectivity index (χ2n) is 8.60. The number of benzene rings is 1. The summed E-state index contributed by atoms with van der Waals surface area (Å²) in [5.41, 5.74) is 0.600. The van der Waals surface area contributed by atoms with E-state index in [2.05, 4.69) is 26.1 Å². The summed E-state index contributed by atoms with van der Waals surface area (Å²) in [7, 11) is 1.60. The van der Waals surface area contributed by atoms with Crippen molar-refractivity contribution < 1.29 is 18.8 Å². The minimum Gasteiger partial charge on any atom is -0.467 e. The van der Waals surface area contributed by atoms with E-state index in [1.54, 1.807) is 26.1 Å². The molecule has 2 heterocycles. The van der Waals surface area contributed by atoms with Gasteiger partial charge in [-0.05, 0) is 35.6 Å². The topological polar surface area (TPSA) is 82.9 Å². The summed E-state index contributed by atoms with van der Waals surface area (Å²) in [6, 6.07) is 10.6. The van der Waals surface area contributed by atoms with Crippen LogP contribution < -0.4 is 5.32 Å². The molecule has 1 saturated heterocycles. The van der Waals surface area contributed by atoms with Gasteiger partial charge in [-0.1, -0.05) is 45.0 Å². The average molecular weight is 397 g/mol. The normalized spacial score (nSPS) is 19.4. The maximum absolute atomic E-state index is 13.0. The third kappa shape index (κ3) is 4.04. The standard InChI is InChI=1S/C22H27N3O4/c1-21(2,3)15-8-10-16(11-9-15)22(4)19(27)25(20(28)23-22)14-18(26)24(5)13-17-7-6-12-29-17/h6-12H,13-14H2,1-5H3,(H,23,28). The maximum atomic E-state index is 13.0. The molecule has 0 spiro atoms. The van der Waals surface area contributed by atoms with Gasteiger partial charge in [-0.15, -0.1) is 0 Å². The Balaban J connectivity index is 1.74. The molecule has 0 aliphatic carbocycles. The number of hydrogen-bond acceptors (Lipinski definition) is 4. The van der Waals surface area contributed by atoms with E-state index in [1.165, 1.54) is 11.2 Å². The minimum atomic E-state index is -1.20. The van der Waals surface area contributed by atoms with Gasteiger partial charge in [-0.25, -0.2) is 4.79 Å². The lowest BCUT2D eigenvalue weighted by Gasteiger charge is -2.25. The highest BCUT2D eigenvalue weighted by atomic mass is 16.3. The molecule has 4 amide bonds. The molecule has 154 valence electrons. The molecule has 1 unspecified atom stereocenters. The number of nitrogens with zero attached hydrogens (tertiary/aromatic N) is 2. The highest BCUT2D eigenvalue weighted by molar-refractivity contribution is 6.09. The van der Waals surface area contributed by atoms with Gasteiger partial charge in [0.2, 0.25) is 5.91 Å². The van der Waals surface area contributed by atoms with E-state index in [9.17, 15) is 14.4 Å². The highest BCUT2D eigenvalue weighted by Crippen LogP contribution is 2.31. The molecular weight excluding hydrogens is 370 g/mol. The number of amides is 4. The van der Waals surface area contributed by atoms with Crippen molar-refractivity contribution in [3.05, 3.63) is 59.5 Å². The Morgan fingerprint density at radius 1 is 1.17 bits per heavy atom. The fraction of sp³-hybridized carbons (Fsp3) is 0.409. The Kier molecular flexibility index (Phi) is 5.26. The molecule has 1 N–H and O–H groups in total. The van der Waals surface area contributed by atoms with Crippen LogP contribution in [0.2, 0.25) is 0 Å². The van der Waals surface area contributed by atoms with E-state index >= 15 is 0 Å². The van der Waals surface area contributed by atoms with Gasteiger partial charge in [0.1, 0.15) is 17.8 Å². The number of likely N-dealkylation sites (N-methyl/N-ethyl adjacent to an activating group) is 1. The SMILES string of the molecule is CN(Cc1ccco1)C(=O)CN1C(=O)NC(C)(c2ccc(C(C)(C)C)cc2)C1=O. The molecule has 0 saturated carbocycles. The lowest BCUT2D eigenvalue weighted by atomic mass is 9.84. The Bertz CT molecular complexity index is 913. The fourth-order valence-corrected chi connectivity index (χ4v) is 3.32. The van der Waals surface area contributed by atoms with Crippen LogP contribution in [0.5, 0.6) is 0 Å². The summed E-state index contributed by atoms with van der Waals surface area (Å²) in [6.07, 6.45) is 1.53. The van der Waals surface area contributed by atoms with Crippen molar-refractivity contribution in [2.75, 3.05) is 13.6 Å². The van der Waals surface area contributed by atoms with Gasteiger partial charge in [0, 0.05) is 7.05 Å². The summed E-state index contributed by atoms with van der Waals surface area (Å²) in [4.78, 5) is 40.5. The summed E-state index contributed by atoms with van der Waals surface area (Å²) >= 11 is 0. The van der Waals surface area contributed by atoms with Crippen LogP contribution in [-0.2, 0) is 27.1 Å². The van der Waals surface area contributed by atoms with Gasteiger partial charge in [-0.2, -0.15) is 0 Å². The summed E-state index contributed by atoms with van der Waals surface area (Å²) in [5, 5.41) is 2.74. The molecule has 0 radical (unpaired) electrons. The van der Waals surface area contributed by atoms with Crippen LogP contribution in [0, 0.1) is 0 Å². The lowest BCUT2D eigenvalue weighted by Crippen LogP contribution is -2.43. The first kappa shape index (κ1) is 20.6. The van der Waals surface area contributed by atoms with E-state index in [0.29, 0.717) is 11.3 Å². The first-order valence-electron chi connectivity index (χ1n) is 9.54. The van der Waals surface area contributed by atoms with Crippen molar-refractivity contribution in [1.82, 2.24) is 15.1 Å². The zero-order valence-electron chi connectivity index (χ0n) is 17.5. The maximum Gasteiger partial charge on any atom is 0.325 e. The average Bonchev–Trinajstić information content (AvgIpc) is 3.24. The van der Waals surface area contributed by atoms with Gasteiger partial charge >= 0.3 is 6.03 Å². The minimum absolute atomic E-state index is 0.0145. The van der Waals surface area contributed by atoms with Crippen molar-refractivity contribution in [3.8, 4) is 0 Å². The Morgan fingerprint density at radius 3 is 2.38 bits per heavy atom. The lowest BCUT2D eigenvalue weighted by molar-refractivity contribution is -0.138. The monoisotopic (exact) mass is 397 g/mol. The van der Waals surface area contributed by atoms with Crippen molar-refractivity contribution in [3.63, 3.8) is 0 Å². The number of nitrogens with one attached hydrogen (secondary N) is 1. The number of carbonyl (C=O) groups is 3. The van der Waals surface area contributed by atoms with E-state index in [4.69, 9.17) is 4.42 Å². The van der Waals surface area contributed by atoms with Gasteiger partial charge in [0.25, 0.3) is 5.91 Å². The second-order valence-corrected chi connectivity index (χ2v) is 8.60. The van der Waals surface area contributed by atoms with Gasteiger partial charge in [-0.3, -0.25) is 14.5 Å². The zero-order chi connectivity index (χ0) is 21.4. The molecule has 0 bridgehead atoms. The van der Waals surface area contributed by atoms with Gasteiger partial charge in [0.05, 0.1) is 12.8 Å². The van der Waals surface area contributed by atoms with Crippen LogP contribution in [0.3, 0.4) is 0 Å². The van der Waals surface area contributed by atoms with E-state index in [-0.39, 0.29) is 24.4 Å². The first-order chi connectivity index (χ1) is 13.5. The van der Waals surface area contributed by atoms with Crippen molar-refractivity contribution >= 4 is 17.8 Å². The fourth-order valence-electron chi connectivity index (χ4n) is 3.32. The van der Waals surface area contributed by atoms with E-state index in [0.717, 1.165) is 10.5 Å². The number of urea groups is 1. The molecule has 7 heteroatoms. The second kappa shape index (κ2) is 7.39. The van der Waals surface area contributed by atoms with Crippen LogP contribution in [0.4, 0.5) is 4.79 Å². The molecule has 1 fully saturated rings. The van der Waals surface area contributed by atoms with Crippen molar-refractivity contribution in [1.29, 1.82) is 0 Å². The van der Waals surface area contributed by atoms with Crippen LogP contribution in [0.25, 0.3) is 0 Å². The Morgan fingerprint density at radius 2 is 1.83 bits per heavy atom. The first-order valence-corrected chi connectivity index (χ1v) is 9.54. The third-order valence-corrected chi connectivity index (χ3v) is 5.30. The smallest absolute Gasteiger partial charge is 0.325 e. The summed E-state index contributed by atoms with van der Waals surface area (Å²) in [6.45, 7) is 7.94. The largest absolute Gasteiger partial charge is 0.467 e.